The molecule has 3 atom stereocenters. The van der Waals surface area contributed by atoms with Crippen LogP contribution in [0.15, 0.2) is 21.7 Å². The third-order valence-corrected chi connectivity index (χ3v) is 7.81. The Kier molecular flexibility index (Phi) is 6.27. The molecule has 132 valence electrons. The highest BCUT2D eigenvalue weighted by Crippen LogP contribution is 2.29. The first-order chi connectivity index (χ1) is 10.2. The summed E-state index contributed by atoms with van der Waals surface area (Å²) >= 11 is 1.44. The van der Waals surface area contributed by atoms with Gasteiger partial charge >= 0.3 is 0 Å². The Morgan fingerprint density at radius 1 is 1.30 bits per heavy atom. The molecule has 0 saturated heterocycles. The molecule has 0 aliphatic carbocycles. The molecule has 0 radical (unpaired) electrons. The van der Waals surface area contributed by atoms with E-state index in [9.17, 15) is 9.00 Å². The van der Waals surface area contributed by atoms with Crippen molar-refractivity contribution in [1.82, 2.24) is 0 Å². The summed E-state index contributed by atoms with van der Waals surface area (Å²) in [5, 5.41) is 1.55. The smallest absolute Gasteiger partial charge is 0.140 e. The van der Waals surface area contributed by atoms with E-state index in [1.54, 1.807) is 0 Å². The van der Waals surface area contributed by atoms with Gasteiger partial charge in [0.1, 0.15) is 5.78 Å². The zero-order chi connectivity index (χ0) is 18.1. The molecule has 1 aromatic heterocycles. The van der Waals surface area contributed by atoms with E-state index in [1.807, 2.05) is 66.0 Å². The lowest BCUT2D eigenvalue weighted by Crippen LogP contribution is -2.41. The van der Waals surface area contributed by atoms with Crippen LogP contribution in [-0.4, -0.2) is 32.8 Å². The van der Waals surface area contributed by atoms with Gasteiger partial charge in [0.15, 0.2) is 0 Å². The predicted octanol–water partition coefficient (Wildman–Crippen LogP) is 4.40. The standard InChI is InChI=1S/C18H30O3S2/c1-13(23(8,20)16-10-9-11-22-16)14(21-18(5,6)7)12-15(19)17(2,3)4/h9-11,13-14H,8,12H2,1-7H3. The van der Waals surface area contributed by atoms with E-state index in [0.29, 0.717) is 0 Å². The molecule has 1 heterocycles. The molecular weight excluding hydrogens is 328 g/mol. The van der Waals surface area contributed by atoms with Gasteiger partial charge in [-0.1, -0.05) is 26.8 Å². The van der Waals surface area contributed by atoms with Crippen LogP contribution in [0.5, 0.6) is 0 Å². The van der Waals surface area contributed by atoms with Gasteiger partial charge in [0.2, 0.25) is 0 Å². The van der Waals surface area contributed by atoms with E-state index in [2.05, 4.69) is 5.87 Å². The maximum atomic E-state index is 13.2. The predicted molar refractivity (Wildman–Crippen MR) is 101 cm³/mol. The Morgan fingerprint density at radius 2 is 1.87 bits per heavy atom. The Balaban J connectivity index is 3.11. The Hall–Kier alpha value is -0.650. The summed E-state index contributed by atoms with van der Waals surface area (Å²) in [6.45, 7) is 13.4. The summed E-state index contributed by atoms with van der Waals surface area (Å²) in [6, 6.07) is 3.72. The second kappa shape index (κ2) is 7.08. The molecule has 3 unspecified atom stereocenters. The molecule has 3 nitrogen and oxygen atoms in total. The fraction of sp³-hybridized carbons (Fsp3) is 0.667. The zero-order valence-electron chi connectivity index (χ0n) is 15.3. The summed E-state index contributed by atoms with van der Waals surface area (Å²) in [7, 11) is -2.52. The van der Waals surface area contributed by atoms with Crippen LogP contribution >= 0.6 is 11.3 Å². The maximum Gasteiger partial charge on any atom is 0.140 e. The average molecular weight is 359 g/mol. The van der Waals surface area contributed by atoms with Crippen LogP contribution in [0.1, 0.15) is 54.9 Å². The van der Waals surface area contributed by atoms with Crippen molar-refractivity contribution < 1.29 is 13.7 Å². The van der Waals surface area contributed by atoms with E-state index >= 15 is 0 Å². The number of carbonyl (C=O) groups is 1. The molecule has 0 N–H and O–H groups in total. The van der Waals surface area contributed by atoms with E-state index < -0.39 is 26.6 Å². The normalized spacial score (nSPS) is 18.2. The van der Waals surface area contributed by atoms with Crippen molar-refractivity contribution in [2.45, 2.75) is 76.1 Å². The quantitative estimate of drug-likeness (QED) is 0.708. The number of thiophene rings is 1. The lowest BCUT2D eigenvalue weighted by molar-refractivity contribution is -0.132. The molecule has 0 aromatic carbocycles. The van der Waals surface area contributed by atoms with Crippen LogP contribution in [0.25, 0.3) is 0 Å². The fourth-order valence-corrected chi connectivity index (χ4v) is 5.17. The summed E-state index contributed by atoms with van der Waals surface area (Å²) in [4.78, 5) is 12.5. The van der Waals surface area contributed by atoms with Gasteiger partial charge in [0, 0.05) is 21.4 Å². The molecule has 0 spiro atoms. The van der Waals surface area contributed by atoms with Crippen molar-refractivity contribution >= 4 is 32.5 Å². The van der Waals surface area contributed by atoms with Crippen molar-refractivity contribution in [2.24, 2.45) is 5.41 Å². The van der Waals surface area contributed by atoms with Gasteiger partial charge in [-0.25, -0.2) is 0 Å². The minimum Gasteiger partial charge on any atom is -0.371 e. The van der Waals surface area contributed by atoms with Crippen LogP contribution in [0.3, 0.4) is 0 Å². The lowest BCUT2D eigenvalue weighted by atomic mass is 9.87. The number of ketones is 1. The minimum atomic E-state index is -2.52. The molecule has 5 heteroatoms. The van der Waals surface area contributed by atoms with Crippen LogP contribution < -0.4 is 0 Å². The summed E-state index contributed by atoms with van der Waals surface area (Å²) in [5.41, 5.74) is -0.855. The van der Waals surface area contributed by atoms with Crippen LogP contribution in [0.2, 0.25) is 0 Å². The second-order valence-corrected chi connectivity index (χ2v) is 11.9. The SMILES string of the molecule is C=S(=O)(c1cccs1)C(C)C(CC(=O)C(C)(C)C)OC(C)(C)C. The topological polar surface area (TPSA) is 43.4 Å². The van der Waals surface area contributed by atoms with Crippen molar-refractivity contribution in [3.8, 4) is 0 Å². The second-order valence-electron chi connectivity index (χ2n) is 8.01. The first kappa shape index (κ1) is 20.4. The van der Waals surface area contributed by atoms with Crippen LogP contribution in [0, 0.1) is 5.41 Å². The summed E-state index contributed by atoms with van der Waals surface area (Å²) in [5.74, 6) is 4.09. The van der Waals surface area contributed by atoms with E-state index in [1.165, 1.54) is 11.3 Å². The molecule has 23 heavy (non-hydrogen) atoms. The molecule has 0 aliphatic rings. The van der Waals surface area contributed by atoms with Gasteiger partial charge in [-0.2, -0.15) is 0 Å². The number of hydrogen-bond donors (Lipinski definition) is 0. The zero-order valence-corrected chi connectivity index (χ0v) is 17.0. The average Bonchev–Trinajstić information content (AvgIpc) is 2.88. The van der Waals surface area contributed by atoms with Crippen LogP contribution in [-0.2, 0) is 19.1 Å². The molecule has 0 bridgehead atoms. The highest BCUT2D eigenvalue weighted by atomic mass is 32.2. The number of carbonyl (C=O) groups excluding carboxylic acids is 1. The maximum absolute atomic E-state index is 13.2. The first-order valence-electron chi connectivity index (χ1n) is 7.86. The molecule has 0 aliphatic heterocycles. The summed E-state index contributed by atoms with van der Waals surface area (Å²) < 4.78 is 20.1. The molecule has 0 fully saturated rings. The number of rotatable bonds is 6. The largest absolute Gasteiger partial charge is 0.371 e. The molecule has 0 amide bonds. The Bertz CT molecular complexity index is 614. The van der Waals surface area contributed by atoms with Gasteiger partial charge in [0.25, 0.3) is 0 Å². The molecule has 1 rings (SSSR count). The van der Waals surface area contributed by atoms with E-state index in [0.717, 1.165) is 4.21 Å². The van der Waals surface area contributed by atoms with Crippen molar-refractivity contribution in [1.29, 1.82) is 0 Å². The number of ether oxygens (including phenoxy) is 1. The Morgan fingerprint density at radius 3 is 2.26 bits per heavy atom. The Labute approximate surface area is 145 Å². The first-order valence-corrected chi connectivity index (χ1v) is 10.5. The van der Waals surface area contributed by atoms with Crippen molar-refractivity contribution in [2.75, 3.05) is 0 Å². The van der Waals surface area contributed by atoms with E-state index in [4.69, 9.17) is 4.74 Å². The fourth-order valence-electron chi connectivity index (χ4n) is 2.13. The van der Waals surface area contributed by atoms with Crippen molar-refractivity contribution in [3.63, 3.8) is 0 Å². The van der Waals surface area contributed by atoms with Gasteiger partial charge in [-0.3, -0.25) is 9.00 Å². The van der Waals surface area contributed by atoms with E-state index in [-0.39, 0.29) is 17.5 Å². The molecule has 0 saturated carbocycles. The van der Waals surface area contributed by atoms with Crippen molar-refractivity contribution in [3.05, 3.63) is 17.5 Å². The molecular formula is C18H30O3S2. The van der Waals surface area contributed by atoms with Gasteiger partial charge < -0.3 is 4.74 Å². The van der Waals surface area contributed by atoms with Gasteiger partial charge in [-0.05, 0) is 45.0 Å². The lowest BCUT2D eigenvalue weighted by Gasteiger charge is -2.34. The number of Topliss-reactive ketones (excluding diaryl/α,β-unsaturated/α-hetero) is 1. The highest BCUT2D eigenvalue weighted by Gasteiger charge is 2.35. The monoisotopic (exact) mass is 358 g/mol. The van der Waals surface area contributed by atoms with Gasteiger partial charge in [0.05, 0.1) is 21.2 Å². The third kappa shape index (κ3) is 5.73. The number of hydrogen-bond acceptors (Lipinski definition) is 4. The third-order valence-electron chi connectivity index (χ3n) is 3.69. The summed E-state index contributed by atoms with van der Waals surface area (Å²) in [6.07, 6.45) is -0.173. The minimum absolute atomic E-state index is 0.111. The highest BCUT2D eigenvalue weighted by molar-refractivity contribution is 8.02. The van der Waals surface area contributed by atoms with Gasteiger partial charge in [-0.15, -0.1) is 11.3 Å². The van der Waals surface area contributed by atoms with Crippen LogP contribution in [0.4, 0.5) is 0 Å². The molecule has 1 aromatic rings.